The summed E-state index contributed by atoms with van der Waals surface area (Å²) in [6.45, 7) is 8.85. The van der Waals surface area contributed by atoms with Gasteiger partial charge in [-0.05, 0) is 83.3 Å². The van der Waals surface area contributed by atoms with Crippen LogP contribution in [0.3, 0.4) is 0 Å². The first kappa shape index (κ1) is 40.4. The predicted octanol–water partition coefficient (Wildman–Crippen LogP) is 15.4. The molecule has 2 aliphatic heterocycles. The number of ether oxygens (including phenoxy) is 1. The van der Waals surface area contributed by atoms with Crippen LogP contribution in [0.4, 0.5) is 39.9 Å². The van der Waals surface area contributed by atoms with Gasteiger partial charge in [0.25, 0.3) is 0 Å². The Morgan fingerprint density at radius 3 is 1.97 bits per heavy atom. The topological polar surface area (TPSA) is 36.8 Å². The molecule has 318 valence electrons. The van der Waals surface area contributed by atoms with Crippen LogP contribution in [0.15, 0.2) is 194 Å². The summed E-state index contributed by atoms with van der Waals surface area (Å²) in [6.07, 6.45) is 1.91. The number of fused-ring (bicyclic) bond motifs is 9. The molecule has 0 bridgehead atoms. The molecule has 4 heterocycles. The summed E-state index contributed by atoms with van der Waals surface area (Å²) in [6, 6.07) is 73.5. The maximum absolute atomic E-state index is 6.74. The molecule has 0 spiro atoms. The fraction of sp³-hybridized carbons (Fsp3) is 0.0690. The van der Waals surface area contributed by atoms with Crippen LogP contribution in [-0.4, -0.2) is 9.55 Å². The average molecular weight is 1020 g/mol. The fourth-order valence-corrected chi connectivity index (χ4v) is 9.36. The van der Waals surface area contributed by atoms with E-state index in [1.54, 1.807) is 0 Å². The first-order valence-electron chi connectivity index (χ1n) is 21.7. The van der Waals surface area contributed by atoms with Crippen LogP contribution in [0.2, 0.25) is 0 Å². The Morgan fingerprint density at radius 1 is 0.508 bits per heavy atom. The fourth-order valence-electron chi connectivity index (χ4n) is 9.36. The van der Waals surface area contributed by atoms with Gasteiger partial charge in [0.1, 0.15) is 5.82 Å². The molecule has 6 nitrogen and oxygen atoms in total. The summed E-state index contributed by atoms with van der Waals surface area (Å²) < 4.78 is 9.08. The van der Waals surface area contributed by atoms with Crippen molar-refractivity contribution >= 4 is 61.7 Å². The number of pyridine rings is 1. The van der Waals surface area contributed by atoms with Gasteiger partial charge in [0, 0.05) is 77.8 Å². The molecule has 12 rings (SSSR count). The maximum atomic E-state index is 6.74. The number of nitrogens with zero attached hydrogens (tertiary/aromatic N) is 5. The molecule has 10 aromatic rings. The van der Waals surface area contributed by atoms with E-state index in [1.165, 1.54) is 27.4 Å². The van der Waals surface area contributed by atoms with Crippen molar-refractivity contribution in [3.8, 4) is 39.4 Å². The predicted molar refractivity (Wildman–Crippen MR) is 262 cm³/mol. The first-order valence-corrected chi connectivity index (χ1v) is 21.7. The van der Waals surface area contributed by atoms with Crippen LogP contribution in [0, 0.1) is 18.8 Å². The molecule has 0 radical (unpaired) electrons. The van der Waals surface area contributed by atoms with Crippen molar-refractivity contribution in [2.24, 2.45) is 0 Å². The SMILES string of the molecule is CC(C)(C)c1ccnc(N2c3[c-]c(Oc4[c-]c(N5[CH-]N(c6ccc7c(c6)c6ccccc6n7-c6ccccc6)c6ccccc65)ccc4)ccc3-c3ccccc3-c3ccccc32)c1.[Pt]. The molecule has 2 aromatic heterocycles. The van der Waals surface area contributed by atoms with Crippen LogP contribution >= 0.6 is 0 Å². The smallest absolute Gasteiger partial charge is 0.135 e. The number of aromatic nitrogens is 2. The van der Waals surface area contributed by atoms with Crippen LogP contribution in [0.25, 0.3) is 49.7 Å². The van der Waals surface area contributed by atoms with Gasteiger partial charge in [-0.2, -0.15) is 12.1 Å². The van der Waals surface area contributed by atoms with Crippen molar-refractivity contribution in [3.05, 3.63) is 219 Å². The van der Waals surface area contributed by atoms with E-state index in [9.17, 15) is 0 Å². The van der Waals surface area contributed by atoms with E-state index in [0.29, 0.717) is 11.5 Å². The minimum Gasteiger partial charge on any atom is -0.509 e. The number of hydrogen-bond donors (Lipinski definition) is 0. The third-order valence-electron chi connectivity index (χ3n) is 12.4. The van der Waals surface area contributed by atoms with Crippen molar-refractivity contribution in [1.29, 1.82) is 0 Å². The average Bonchev–Trinajstić information content (AvgIpc) is 3.85. The molecular formula is C58H42N5OPt-3. The Balaban J connectivity index is 0.00000469. The zero-order valence-corrected chi connectivity index (χ0v) is 38.3. The van der Waals surface area contributed by atoms with Crippen LogP contribution in [0.5, 0.6) is 11.5 Å². The molecule has 0 saturated heterocycles. The largest absolute Gasteiger partial charge is 0.509 e. The van der Waals surface area contributed by atoms with E-state index >= 15 is 0 Å². The second kappa shape index (κ2) is 16.0. The number of para-hydroxylation sites is 5. The maximum Gasteiger partial charge on any atom is 0.135 e. The van der Waals surface area contributed by atoms with Crippen molar-refractivity contribution in [2.75, 3.05) is 14.7 Å². The number of anilines is 7. The van der Waals surface area contributed by atoms with Gasteiger partial charge in [0.15, 0.2) is 0 Å². The summed E-state index contributed by atoms with van der Waals surface area (Å²) in [7, 11) is 0. The third-order valence-corrected chi connectivity index (χ3v) is 12.4. The van der Waals surface area contributed by atoms with Gasteiger partial charge in [-0.25, -0.2) is 4.98 Å². The number of hydrogen-bond acceptors (Lipinski definition) is 5. The van der Waals surface area contributed by atoms with E-state index in [-0.39, 0.29) is 26.5 Å². The zero-order valence-electron chi connectivity index (χ0n) is 36.0. The molecule has 0 aliphatic carbocycles. The van der Waals surface area contributed by atoms with Gasteiger partial charge in [-0.1, -0.05) is 123 Å². The third kappa shape index (κ3) is 6.88. The molecule has 0 N–H and O–H groups in total. The summed E-state index contributed by atoms with van der Waals surface area (Å²) in [5.74, 6) is 1.99. The van der Waals surface area contributed by atoms with Crippen molar-refractivity contribution in [2.45, 2.75) is 26.2 Å². The summed E-state index contributed by atoms with van der Waals surface area (Å²) in [4.78, 5) is 11.7. The Hall–Kier alpha value is -7.40. The van der Waals surface area contributed by atoms with Crippen molar-refractivity contribution in [3.63, 3.8) is 0 Å². The monoisotopic (exact) mass is 1020 g/mol. The Kier molecular flexibility index (Phi) is 9.93. The van der Waals surface area contributed by atoms with Crippen molar-refractivity contribution in [1.82, 2.24) is 9.55 Å². The van der Waals surface area contributed by atoms with Gasteiger partial charge in [-0.3, -0.25) is 0 Å². The number of benzene rings is 8. The molecule has 0 unspecified atom stereocenters. The standard InChI is InChI=1S/C58H42N5O.Pt/c1-58(2,3)39-32-33-59-57(34-39)63-52-25-12-9-22-47(52)45-20-7-8-21-46(45)49-30-29-44(37-56(49)63)64-43-19-15-18-41(35-43)60-38-61(55-27-14-13-26-54(55)60)42-28-31-53-50(36-42)48-23-10-11-24-51(48)62(53)40-16-5-4-6-17-40;/h4-34,36,38H,1-3H3;/q-3;. The quantitative estimate of drug-likeness (QED) is 0.155. The molecule has 2 aliphatic rings. The first-order chi connectivity index (χ1) is 31.4. The minimum absolute atomic E-state index is 0. The molecule has 8 aromatic carbocycles. The Morgan fingerprint density at radius 2 is 1.17 bits per heavy atom. The number of rotatable bonds is 6. The molecule has 0 amide bonds. The summed E-state index contributed by atoms with van der Waals surface area (Å²) >= 11 is 0. The van der Waals surface area contributed by atoms with E-state index < -0.39 is 0 Å². The van der Waals surface area contributed by atoms with Gasteiger partial charge < -0.3 is 24.0 Å². The molecule has 0 atom stereocenters. The molecule has 0 saturated carbocycles. The Bertz CT molecular complexity index is 3430. The molecule has 0 fully saturated rings. The molecule has 65 heavy (non-hydrogen) atoms. The molecule has 7 heteroatoms. The second-order valence-corrected chi connectivity index (χ2v) is 17.4. The molecular weight excluding hydrogens is 978 g/mol. The van der Waals surface area contributed by atoms with E-state index in [4.69, 9.17) is 9.72 Å². The van der Waals surface area contributed by atoms with Gasteiger partial charge >= 0.3 is 0 Å². The van der Waals surface area contributed by atoms with Crippen molar-refractivity contribution < 1.29 is 25.8 Å². The van der Waals surface area contributed by atoms with E-state index in [2.05, 4.69) is 229 Å². The van der Waals surface area contributed by atoms with E-state index in [0.717, 1.165) is 67.9 Å². The van der Waals surface area contributed by atoms with E-state index in [1.807, 2.05) is 24.4 Å². The summed E-state index contributed by atoms with van der Waals surface area (Å²) in [5, 5.41) is 2.41. The second-order valence-electron chi connectivity index (χ2n) is 17.4. The van der Waals surface area contributed by atoms with Crippen LogP contribution < -0.4 is 19.4 Å². The minimum atomic E-state index is -0.0630. The summed E-state index contributed by atoms with van der Waals surface area (Å²) in [5.41, 5.74) is 15.1. The normalized spacial score (nSPS) is 12.9. The van der Waals surface area contributed by atoms with Crippen LogP contribution in [0.1, 0.15) is 26.3 Å². The van der Waals surface area contributed by atoms with Gasteiger partial charge in [-0.15, -0.1) is 48.3 Å². The zero-order chi connectivity index (χ0) is 42.9. The van der Waals surface area contributed by atoms with Gasteiger partial charge in [0.05, 0.1) is 16.7 Å². The van der Waals surface area contributed by atoms with Crippen LogP contribution in [-0.2, 0) is 26.5 Å². The Labute approximate surface area is 393 Å². The van der Waals surface area contributed by atoms with Gasteiger partial charge in [0.2, 0.25) is 0 Å².